The number of rotatable bonds is 3. The van der Waals surface area contributed by atoms with E-state index >= 15 is 0 Å². The zero-order valence-electron chi connectivity index (χ0n) is 14.9. The topological polar surface area (TPSA) is 75.4 Å². The van der Waals surface area contributed by atoms with E-state index in [2.05, 4.69) is 10.3 Å². The smallest absolute Gasteiger partial charge is 0.325 e. The first-order chi connectivity index (χ1) is 12.4. The van der Waals surface area contributed by atoms with E-state index < -0.39 is 11.6 Å². The van der Waals surface area contributed by atoms with Crippen LogP contribution in [0.15, 0.2) is 46.9 Å². The third kappa shape index (κ3) is 2.37. The maximum atomic E-state index is 13.2. The summed E-state index contributed by atoms with van der Waals surface area (Å²) in [7, 11) is 0. The molecule has 0 radical (unpaired) electrons. The highest BCUT2D eigenvalue weighted by atomic mass is 16.4. The second-order valence-electron chi connectivity index (χ2n) is 6.72. The van der Waals surface area contributed by atoms with E-state index in [-0.39, 0.29) is 12.5 Å². The molecule has 2 aromatic carbocycles. The third-order valence-electron chi connectivity index (χ3n) is 4.97. The molecule has 4 rings (SSSR count). The lowest BCUT2D eigenvalue weighted by atomic mass is 9.88. The fourth-order valence-electron chi connectivity index (χ4n) is 3.43. The van der Waals surface area contributed by atoms with E-state index in [0.717, 1.165) is 26.9 Å². The number of carbonyl (C=O) groups is 2. The molecule has 0 spiro atoms. The number of benzene rings is 2. The van der Waals surface area contributed by atoms with Crippen molar-refractivity contribution >= 4 is 22.7 Å². The number of urea groups is 1. The second kappa shape index (κ2) is 5.69. The van der Waals surface area contributed by atoms with Crippen molar-refractivity contribution in [2.45, 2.75) is 32.9 Å². The average Bonchev–Trinajstić information content (AvgIpc) is 3.06. The monoisotopic (exact) mass is 349 g/mol. The van der Waals surface area contributed by atoms with E-state index in [1.165, 1.54) is 0 Å². The number of oxazole rings is 1. The summed E-state index contributed by atoms with van der Waals surface area (Å²) in [5, 5.41) is 4.81. The van der Waals surface area contributed by atoms with Crippen LogP contribution in [0, 0.1) is 13.8 Å². The SMILES string of the molecule is Cc1nc(CN2C(=O)N[C@](C)(c3cccc4ccccc34)C2=O)oc1C. The van der Waals surface area contributed by atoms with Crippen LogP contribution in [0.5, 0.6) is 0 Å². The molecule has 3 amide bonds. The largest absolute Gasteiger partial charge is 0.444 e. The van der Waals surface area contributed by atoms with Gasteiger partial charge in [-0.1, -0.05) is 42.5 Å². The lowest BCUT2D eigenvalue weighted by molar-refractivity contribution is -0.131. The van der Waals surface area contributed by atoms with Crippen LogP contribution in [0.2, 0.25) is 0 Å². The summed E-state index contributed by atoms with van der Waals surface area (Å²) in [6.07, 6.45) is 0. The highest BCUT2D eigenvalue weighted by molar-refractivity contribution is 6.09. The van der Waals surface area contributed by atoms with Gasteiger partial charge in [0.15, 0.2) is 0 Å². The number of nitrogens with one attached hydrogen (secondary N) is 1. The van der Waals surface area contributed by atoms with Crippen LogP contribution in [-0.2, 0) is 16.9 Å². The molecule has 132 valence electrons. The number of hydrogen-bond acceptors (Lipinski definition) is 4. The van der Waals surface area contributed by atoms with Crippen molar-refractivity contribution in [1.29, 1.82) is 0 Å². The molecule has 1 saturated heterocycles. The summed E-state index contributed by atoms with van der Waals surface area (Å²) in [6.45, 7) is 5.38. The molecule has 6 nitrogen and oxygen atoms in total. The third-order valence-corrected chi connectivity index (χ3v) is 4.97. The van der Waals surface area contributed by atoms with Crippen molar-refractivity contribution in [3.63, 3.8) is 0 Å². The van der Waals surface area contributed by atoms with Gasteiger partial charge in [-0.15, -0.1) is 0 Å². The Morgan fingerprint density at radius 2 is 1.85 bits per heavy atom. The van der Waals surface area contributed by atoms with Gasteiger partial charge in [0.1, 0.15) is 17.8 Å². The molecular formula is C20H19N3O3. The Labute approximate surface area is 150 Å². The molecule has 0 bridgehead atoms. The first-order valence-corrected chi connectivity index (χ1v) is 8.45. The number of aromatic nitrogens is 1. The van der Waals surface area contributed by atoms with Crippen molar-refractivity contribution in [3.8, 4) is 0 Å². The molecule has 6 heteroatoms. The van der Waals surface area contributed by atoms with Gasteiger partial charge >= 0.3 is 6.03 Å². The van der Waals surface area contributed by atoms with Crippen molar-refractivity contribution in [1.82, 2.24) is 15.2 Å². The highest BCUT2D eigenvalue weighted by Crippen LogP contribution is 2.34. The molecule has 1 atom stereocenters. The van der Waals surface area contributed by atoms with Gasteiger partial charge in [0.2, 0.25) is 5.89 Å². The van der Waals surface area contributed by atoms with Gasteiger partial charge < -0.3 is 9.73 Å². The summed E-state index contributed by atoms with van der Waals surface area (Å²) in [5.74, 6) is 0.724. The summed E-state index contributed by atoms with van der Waals surface area (Å²) in [5.41, 5.74) is 0.398. The standard InChI is InChI=1S/C20H19N3O3/c1-12-13(2)26-17(21-12)11-23-18(24)20(3,22-19(23)25)16-10-6-8-14-7-4-5-9-15(14)16/h4-10H,11H2,1-3H3,(H,22,25)/t20-/m1/s1. The van der Waals surface area contributed by atoms with Crippen molar-refractivity contribution in [2.75, 3.05) is 0 Å². The Hall–Kier alpha value is -3.15. The van der Waals surface area contributed by atoms with Crippen LogP contribution in [0.1, 0.15) is 29.8 Å². The Bertz CT molecular complexity index is 1010. The summed E-state index contributed by atoms with van der Waals surface area (Å²) < 4.78 is 5.53. The minimum absolute atomic E-state index is 0.0136. The van der Waals surface area contributed by atoms with E-state index in [1.54, 1.807) is 13.8 Å². The predicted molar refractivity (Wildman–Crippen MR) is 96.4 cm³/mol. The maximum absolute atomic E-state index is 13.2. The number of nitrogens with zero attached hydrogens (tertiary/aromatic N) is 2. The van der Waals surface area contributed by atoms with Gasteiger partial charge in [0.05, 0.1) is 5.69 Å². The van der Waals surface area contributed by atoms with Gasteiger partial charge in [0, 0.05) is 0 Å². The minimum Gasteiger partial charge on any atom is -0.444 e. The normalized spacial score (nSPS) is 20.0. The maximum Gasteiger partial charge on any atom is 0.325 e. The van der Waals surface area contributed by atoms with E-state index in [1.807, 2.05) is 49.4 Å². The van der Waals surface area contributed by atoms with Gasteiger partial charge in [0.25, 0.3) is 5.91 Å². The van der Waals surface area contributed by atoms with Crippen molar-refractivity contribution < 1.29 is 14.0 Å². The van der Waals surface area contributed by atoms with E-state index in [4.69, 9.17) is 4.42 Å². The summed E-state index contributed by atoms with van der Waals surface area (Å²) in [4.78, 5) is 31.1. The molecular weight excluding hydrogens is 330 g/mol. The molecule has 1 fully saturated rings. The fraction of sp³-hybridized carbons (Fsp3) is 0.250. The summed E-state index contributed by atoms with van der Waals surface area (Å²) in [6, 6.07) is 13.1. The number of imide groups is 1. The van der Waals surface area contributed by atoms with Crippen LogP contribution >= 0.6 is 0 Å². The summed E-state index contributed by atoms with van der Waals surface area (Å²) >= 11 is 0. The highest BCUT2D eigenvalue weighted by Gasteiger charge is 2.50. The molecule has 1 aliphatic heterocycles. The zero-order chi connectivity index (χ0) is 18.5. The van der Waals surface area contributed by atoms with Crippen molar-refractivity contribution in [3.05, 3.63) is 65.4 Å². The van der Waals surface area contributed by atoms with E-state index in [0.29, 0.717) is 11.7 Å². The van der Waals surface area contributed by atoms with Crippen LogP contribution in [-0.4, -0.2) is 21.8 Å². The number of amides is 3. The van der Waals surface area contributed by atoms with Crippen LogP contribution in [0.25, 0.3) is 10.8 Å². The lowest BCUT2D eigenvalue weighted by Gasteiger charge is -2.23. The number of aryl methyl sites for hydroxylation is 2. The number of fused-ring (bicyclic) bond motifs is 1. The Morgan fingerprint density at radius 3 is 2.58 bits per heavy atom. The molecule has 3 aromatic rings. The lowest BCUT2D eigenvalue weighted by Crippen LogP contribution is -2.41. The average molecular weight is 349 g/mol. The number of hydrogen-bond donors (Lipinski definition) is 1. The number of carbonyl (C=O) groups excluding carboxylic acids is 2. The Kier molecular flexibility index (Phi) is 3.57. The molecule has 0 aliphatic carbocycles. The zero-order valence-corrected chi connectivity index (χ0v) is 14.9. The van der Waals surface area contributed by atoms with Crippen molar-refractivity contribution in [2.24, 2.45) is 0 Å². The molecule has 0 unspecified atom stereocenters. The molecule has 0 saturated carbocycles. The molecule has 1 N–H and O–H groups in total. The Balaban J connectivity index is 1.73. The van der Waals surface area contributed by atoms with E-state index in [9.17, 15) is 9.59 Å². The molecule has 26 heavy (non-hydrogen) atoms. The first-order valence-electron chi connectivity index (χ1n) is 8.45. The van der Waals surface area contributed by atoms with Crippen LogP contribution in [0.4, 0.5) is 4.79 Å². The Morgan fingerprint density at radius 1 is 1.12 bits per heavy atom. The minimum atomic E-state index is -1.13. The van der Waals surface area contributed by atoms with Gasteiger partial charge in [-0.2, -0.15) is 0 Å². The fourth-order valence-corrected chi connectivity index (χ4v) is 3.43. The van der Waals surface area contributed by atoms with Gasteiger partial charge in [-0.25, -0.2) is 9.78 Å². The predicted octanol–water partition coefficient (Wildman–Crippen LogP) is 3.41. The molecule has 1 aromatic heterocycles. The quantitative estimate of drug-likeness (QED) is 0.735. The van der Waals surface area contributed by atoms with Gasteiger partial charge in [-0.05, 0) is 37.1 Å². The molecule has 1 aliphatic rings. The van der Waals surface area contributed by atoms with Gasteiger partial charge in [-0.3, -0.25) is 9.69 Å². The second-order valence-corrected chi connectivity index (χ2v) is 6.72. The van der Waals surface area contributed by atoms with Crippen LogP contribution < -0.4 is 5.32 Å². The first kappa shape index (κ1) is 16.3. The van der Waals surface area contributed by atoms with Crippen LogP contribution in [0.3, 0.4) is 0 Å². The molecule has 2 heterocycles.